The molecule has 0 spiro atoms. The van der Waals surface area contributed by atoms with Crippen LogP contribution in [-0.2, 0) is 6.54 Å². The molecule has 0 bridgehead atoms. The zero-order valence-corrected chi connectivity index (χ0v) is 10.8. The fraction of sp³-hybridized carbons (Fsp3) is 0.308. The van der Waals surface area contributed by atoms with Gasteiger partial charge in [0.15, 0.2) is 0 Å². The standard InChI is InChI=1S/C13H15FN2S/c1-3-15-7-11-8-17-13(16-11)12-5-4-10(14)6-9(12)2/h4-6,8,15H,3,7H2,1-2H3. The summed E-state index contributed by atoms with van der Waals surface area (Å²) in [5.41, 5.74) is 2.98. The van der Waals surface area contributed by atoms with Crippen LogP contribution < -0.4 is 5.32 Å². The van der Waals surface area contributed by atoms with Gasteiger partial charge in [-0.05, 0) is 37.2 Å². The van der Waals surface area contributed by atoms with E-state index in [0.717, 1.165) is 34.9 Å². The summed E-state index contributed by atoms with van der Waals surface area (Å²) in [6.07, 6.45) is 0. The summed E-state index contributed by atoms with van der Waals surface area (Å²) in [7, 11) is 0. The van der Waals surface area contributed by atoms with Crippen molar-refractivity contribution in [2.24, 2.45) is 0 Å². The molecule has 1 N–H and O–H groups in total. The highest BCUT2D eigenvalue weighted by Crippen LogP contribution is 2.27. The molecular weight excluding hydrogens is 235 g/mol. The highest BCUT2D eigenvalue weighted by Gasteiger charge is 2.07. The van der Waals surface area contributed by atoms with E-state index in [-0.39, 0.29) is 5.82 Å². The van der Waals surface area contributed by atoms with Gasteiger partial charge in [0.25, 0.3) is 0 Å². The van der Waals surface area contributed by atoms with Crippen molar-refractivity contribution in [2.75, 3.05) is 6.54 Å². The first-order valence-corrected chi connectivity index (χ1v) is 6.50. The number of benzene rings is 1. The number of hydrogen-bond donors (Lipinski definition) is 1. The molecule has 1 aromatic heterocycles. The van der Waals surface area contributed by atoms with Crippen LogP contribution in [0.3, 0.4) is 0 Å². The van der Waals surface area contributed by atoms with Crippen molar-refractivity contribution in [1.29, 1.82) is 0 Å². The first-order chi connectivity index (χ1) is 8.20. The number of nitrogens with zero attached hydrogens (tertiary/aromatic N) is 1. The van der Waals surface area contributed by atoms with Crippen molar-refractivity contribution in [2.45, 2.75) is 20.4 Å². The molecule has 0 radical (unpaired) electrons. The van der Waals surface area contributed by atoms with Gasteiger partial charge in [-0.2, -0.15) is 0 Å². The van der Waals surface area contributed by atoms with E-state index in [4.69, 9.17) is 0 Å². The fourth-order valence-corrected chi connectivity index (χ4v) is 2.54. The zero-order chi connectivity index (χ0) is 12.3. The summed E-state index contributed by atoms with van der Waals surface area (Å²) >= 11 is 1.60. The van der Waals surface area contributed by atoms with E-state index in [0.29, 0.717) is 0 Å². The summed E-state index contributed by atoms with van der Waals surface area (Å²) < 4.78 is 13.0. The number of thiazole rings is 1. The van der Waals surface area contributed by atoms with Crippen LogP contribution in [0.4, 0.5) is 4.39 Å². The molecule has 0 aliphatic carbocycles. The smallest absolute Gasteiger partial charge is 0.123 e. The predicted octanol–water partition coefficient (Wildman–Crippen LogP) is 3.37. The molecule has 0 aliphatic rings. The molecule has 2 nitrogen and oxygen atoms in total. The fourth-order valence-electron chi connectivity index (χ4n) is 1.63. The topological polar surface area (TPSA) is 24.9 Å². The SMILES string of the molecule is CCNCc1csc(-c2ccc(F)cc2C)n1. The minimum atomic E-state index is -0.198. The van der Waals surface area contributed by atoms with E-state index in [1.165, 1.54) is 6.07 Å². The van der Waals surface area contributed by atoms with Gasteiger partial charge in [0, 0.05) is 17.5 Å². The van der Waals surface area contributed by atoms with E-state index < -0.39 is 0 Å². The highest BCUT2D eigenvalue weighted by molar-refractivity contribution is 7.13. The van der Waals surface area contributed by atoms with E-state index in [9.17, 15) is 4.39 Å². The molecule has 0 aliphatic heterocycles. The normalized spacial score (nSPS) is 10.8. The van der Waals surface area contributed by atoms with Gasteiger partial charge < -0.3 is 5.32 Å². The maximum absolute atomic E-state index is 13.0. The lowest BCUT2D eigenvalue weighted by molar-refractivity contribution is 0.627. The summed E-state index contributed by atoms with van der Waals surface area (Å²) in [5, 5.41) is 6.23. The minimum Gasteiger partial charge on any atom is -0.311 e. The lowest BCUT2D eigenvalue weighted by Gasteiger charge is -2.01. The summed E-state index contributed by atoms with van der Waals surface area (Å²) in [5.74, 6) is -0.198. The van der Waals surface area contributed by atoms with Crippen LogP contribution in [0.1, 0.15) is 18.2 Å². The number of nitrogens with one attached hydrogen (secondary N) is 1. The molecule has 0 saturated carbocycles. The van der Waals surface area contributed by atoms with Crippen LogP contribution in [0.15, 0.2) is 23.6 Å². The van der Waals surface area contributed by atoms with Gasteiger partial charge in [0.1, 0.15) is 10.8 Å². The van der Waals surface area contributed by atoms with Gasteiger partial charge >= 0.3 is 0 Å². The Morgan fingerprint density at radius 3 is 2.94 bits per heavy atom. The van der Waals surface area contributed by atoms with E-state index in [2.05, 4.69) is 17.2 Å². The average molecular weight is 250 g/mol. The minimum absolute atomic E-state index is 0.198. The van der Waals surface area contributed by atoms with Gasteiger partial charge in [-0.25, -0.2) is 9.37 Å². The van der Waals surface area contributed by atoms with Crippen molar-refractivity contribution in [3.8, 4) is 10.6 Å². The van der Waals surface area contributed by atoms with Crippen LogP contribution >= 0.6 is 11.3 Å². The molecule has 0 atom stereocenters. The highest BCUT2D eigenvalue weighted by atomic mass is 32.1. The third kappa shape index (κ3) is 2.90. The largest absolute Gasteiger partial charge is 0.311 e. The van der Waals surface area contributed by atoms with Crippen LogP contribution in [0.25, 0.3) is 10.6 Å². The Hall–Kier alpha value is -1.26. The molecule has 0 amide bonds. The van der Waals surface area contributed by atoms with E-state index in [1.54, 1.807) is 23.5 Å². The van der Waals surface area contributed by atoms with Crippen LogP contribution in [0, 0.1) is 12.7 Å². The van der Waals surface area contributed by atoms with Gasteiger partial charge in [-0.1, -0.05) is 6.92 Å². The second-order valence-corrected chi connectivity index (χ2v) is 4.74. The first kappa shape index (κ1) is 12.2. The number of hydrogen-bond acceptors (Lipinski definition) is 3. The second kappa shape index (κ2) is 5.38. The van der Waals surface area contributed by atoms with Crippen LogP contribution in [0.2, 0.25) is 0 Å². The molecule has 1 heterocycles. The Morgan fingerprint density at radius 2 is 2.24 bits per heavy atom. The van der Waals surface area contributed by atoms with Crippen molar-refractivity contribution in [1.82, 2.24) is 10.3 Å². The number of aryl methyl sites for hydroxylation is 1. The molecule has 2 rings (SSSR count). The molecule has 90 valence electrons. The lowest BCUT2D eigenvalue weighted by Crippen LogP contribution is -2.11. The number of aromatic nitrogens is 1. The summed E-state index contributed by atoms with van der Waals surface area (Å²) in [4.78, 5) is 4.54. The summed E-state index contributed by atoms with van der Waals surface area (Å²) in [6, 6.07) is 4.81. The van der Waals surface area contributed by atoms with Gasteiger partial charge in [0.05, 0.1) is 5.69 Å². The molecule has 0 saturated heterocycles. The monoisotopic (exact) mass is 250 g/mol. The lowest BCUT2D eigenvalue weighted by atomic mass is 10.1. The second-order valence-electron chi connectivity index (χ2n) is 3.88. The number of halogens is 1. The summed E-state index contributed by atoms with van der Waals surface area (Å²) in [6.45, 7) is 5.69. The molecule has 4 heteroatoms. The maximum Gasteiger partial charge on any atom is 0.123 e. The Kier molecular flexibility index (Phi) is 3.86. The van der Waals surface area contributed by atoms with Crippen LogP contribution in [-0.4, -0.2) is 11.5 Å². The van der Waals surface area contributed by atoms with Gasteiger partial charge in [0.2, 0.25) is 0 Å². The third-order valence-electron chi connectivity index (χ3n) is 2.53. The molecular formula is C13H15FN2S. The van der Waals surface area contributed by atoms with Crippen molar-refractivity contribution in [3.63, 3.8) is 0 Å². The Balaban J connectivity index is 2.24. The molecule has 0 unspecified atom stereocenters. The zero-order valence-electron chi connectivity index (χ0n) is 9.96. The molecule has 17 heavy (non-hydrogen) atoms. The maximum atomic E-state index is 13.0. The molecule has 1 aromatic carbocycles. The Labute approximate surface area is 105 Å². The molecule has 0 fully saturated rings. The molecule has 2 aromatic rings. The van der Waals surface area contributed by atoms with E-state index >= 15 is 0 Å². The van der Waals surface area contributed by atoms with E-state index in [1.807, 2.05) is 12.3 Å². The van der Waals surface area contributed by atoms with Crippen LogP contribution in [0.5, 0.6) is 0 Å². The van der Waals surface area contributed by atoms with Gasteiger partial charge in [-0.15, -0.1) is 11.3 Å². The van der Waals surface area contributed by atoms with Crippen molar-refractivity contribution >= 4 is 11.3 Å². The predicted molar refractivity (Wildman–Crippen MR) is 69.6 cm³/mol. The third-order valence-corrected chi connectivity index (χ3v) is 3.45. The number of rotatable bonds is 4. The Morgan fingerprint density at radius 1 is 1.41 bits per heavy atom. The van der Waals surface area contributed by atoms with Crippen molar-refractivity contribution in [3.05, 3.63) is 40.7 Å². The van der Waals surface area contributed by atoms with Crippen molar-refractivity contribution < 1.29 is 4.39 Å². The average Bonchev–Trinajstić information content (AvgIpc) is 2.75. The Bertz CT molecular complexity index is 508. The van der Waals surface area contributed by atoms with Gasteiger partial charge in [-0.3, -0.25) is 0 Å². The first-order valence-electron chi connectivity index (χ1n) is 5.62. The quantitative estimate of drug-likeness (QED) is 0.900.